The molecule has 0 amide bonds. The monoisotopic (exact) mass is 271 g/mol. The number of aromatic nitrogens is 1. The van der Waals surface area contributed by atoms with E-state index < -0.39 is 11.4 Å². The van der Waals surface area contributed by atoms with E-state index in [2.05, 4.69) is 11.1 Å². The van der Waals surface area contributed by atoms with Crippen LogP contribution in [0.3, 0.4) is 0 Å². The molecule has 104 valence electrons. The molecule has 1 aromatic heterocycles. The fraction of sp³-hybridized carbons (Fsp3) is 0.353. The first kappa shape index (κ1) is 13.3. The minimum absolute atomic E-state index is 0.267. The van der Waals surface area contributed by atoms with Crippen molar-refractivity contribution in [2.45, 2.75) is 38.2 Å². The molecule has 0 saturated heterocycles. The van der Waals surface area contributed by atoms with Crippen molar-refractivity contribution in [3.05, 3.63) is 64.7 Å². The summed E-state index contributed by atoms with van der Waals surface area (Å²) in [7, 11) is 0. The third kappa shape index (κ3) is 2.22. The Morgan fingerprint density at radius 3 is 2.65 bits per heavy atom. The largest absolute Gasteiger partial charge is 0.381 e. The van der Waals surface area contributed by atoms with Gasteiger partial charge in [-0.2, -0.15) is 0 Å². The molecule has 0 fully saturated rings. The van der Waals surface area contributed by atoms with Gasteiger partial charge in [0.1, 0.15) is 11.4 Å². The van der Waals surface area contributed by atoms with Gasteiger partial charge in [-0.05, 0) is 55.4 Å². The van der Waals surface area contributed by atoms with Gasteiger partial charge < -0.3 is 5.11 Å². The quantitative estimate of drug-likeness (QED) is 0.908. The van der Waals surface area contributed by atoms with Crippen LogP contribution < -0.4 is 0 Å². The zero-order valence-electron chi connectivity index (χ0n) is 11.6. The Kier molecular flexibility index (Phi) is 3.30. The van der Waals surface area contributed by atoms with Gasteiger partial charge in [0.05, 0.1) is 6.20 Å². The Hall–Kier alpha value is -1.74. The third-order valence-corrected chi connectivity index (χ3v) is 4.21. The topological polar surface area (TPSA) is 33.1 Å². The Balaban J connectivity index is 2.05. The molecular formula is C17H18FNO. The molecule has 3 rings (SSSR count). The van der Waals surface area contributed by atoms with Gasteiger partial charge in [-0.3, -0.25) is 4.98 Å². The molecule has 1 atom stereocenters. The molecule has 1 aliphatic rings. The molecule has 2 aromatic rings. The summed E-state index contributed by atoms with van der Waals surface area (Å²) >= 11 is 0. The number of aryl methyl sites for hydroxylation is 2. The summed E-state index contributed by atoms with van der Waals surface area (Å²) < 4.78 is 13.9. The van der Waals surface area contributed by atoms with E-state index in [0.29, 0.717) is 0 Å². The smallest absolute Gasteiger partial charge is 0.147 e. The first-order valence-corrected chi connectivity index (χ1v) is 7.03. The zero-order valence-corrected chi connectivity index (χ0v) is 11.6. The summed E-state index contributed by atoms with van der Waals surface area (Å²) in [5.41, 5.74) is 2.31. The number of aliphatic hydroxyl groups is 1. The lowest BCUT2D eigenvalue weighted by Gasteiger charge is -2.27. The van der Waals surface area contributed by atoms with Crippen molar-refractivity contribution < 1.29 is 9.50 Å². The average Bonchev–Trinajstić information content (AvgIpc) is 2.47. The number of hydrogen-bond acceptors (Lipinski definition) is 2. The second-order valence-electron chi connectivity index (χ2n) is 5.62. The summed E-state index contributed by atoms with van der Waals surface area (Å²) in [6.07, 6.45) is 7.19. The molecule has 0 aliphatic heterocycles. The van der Waals surface area contributed by atoms with Gasteiger partial charge in [0, 0.05) is 11.8 Å². The van der Waals surface area contributed by atoms with Gasteiger partial charge in [-0.25, -0.2) is 4.39 Å². The van der Waals surface area contributed by atoms with Crippen LogP contribution >= 0.6 is 0 Å². The predicted molar refractivity (Wildman–Crippen MR) is 76.0 cm³/mol. The van der Waals surface area contributed by atoms with Crippen LogP contribution in [-0.2, 0) is 18.4 Å². The summed E-state index contributed by atoms with van der Waals surface area (Å²) in [4.78, 5) is 3.74. The molecular weight excluding hydrogens is 253 g/mol. The van der Waals surface area contributed by atoms with E-state index in [0.717, 1.165) is 24.6 Å². The summed E-state index contributed by atoms with van der Waals surface area (Å²) in [6.45, 7) is 1.63. The zero-order chi connectivity index (χ0) is 14.2. The molecule has 20 heavy (non-hydrogen) atoms. The lowest BCUT2D eigenvalue weighted by atomic mass is 9.83. The van der Waals surface area contributed by atoms with Gasteiger partial charge in [-0.15, -0.1) is 0 Å². The molecule has 3 heteroatoms. The van der Waals surface area contributed by atoms with Gasteiger partial charge >= 0.3 is 0 Å². The molecule has 1 aliphatic carbocycles. The maximum atomic E-state index is 13.9. The average molecular weight is 271 g/mol. The van der Waals surface area contributed by atoms with Crippen molar-refractivity contribution in [1.82, 2.24) is 4.98 Å². The molecule has 0 bridgehead atoms. The van der Waals surface area contributed by atoms with Crippen LogP contribution in [0.2, 0.25) is 0 Å². The Morgan fingerprint density at radius 2 is 1.90 bits per heavy atom. The summed E-state index contributed by atoms with van der Waals surface area (Å²) in [5, 5.41) is 10.8. The van der Waals surface area contributed by atoms with Crippen molar-refractivity contribution >= 4 is 0 Å². The molecule has 0 spiro atoms. The van der Waals surface area contributed by atoms with Crippen LogP contribution in [0.4, 0.5) is 4.39 Å². The summed E-state index contributed by atoms with van der Waals surface area (Å²) in [6, 6.07) is 7.53. The molecule has 0 saturated carbocycles. The number of hydrogen-bond donors (Lipinski definition) is 1. The lowest BCUT2D eigenvalue weighted by Crippen LogP contribution is -2.25. The van der Waals surface area contributed by atoms with Gasteiger partial charge in [0.25, 0.3) is 0 Å². The highest BCUT2D eigenvalue weighted by molar-refractivity contribution is 5.41. The standard InChI is InChI=1S/C17H18FNO/c1-17(20,15-8-9-19-11-16(15)18)14-7-6-12-4-2-3-5-13(12)10-14/h6-11,20H,2-5H2,1H3. The fourth-order valence-electron chi connectivity index (χ4n) is 2.96. The number of nitrogens with zero attached hydrogens (tertiary/aromatic N) is 1. The van der Waals surface area contributed by atoms with Gasteiger partial charge in [-0.1, -0.05) is 18.2 Å². The third-order valence-electron chi connectivity index (χ3n) is 4.21. The van der Waals surface area contributed by atoms with E-state index in [9.17, 15) is 9.50 Å². The first-order valence-electron chi connectivity index (χ1n) is 7.03. The lowest BCUT2D eigenvalue weighted by molar-refractivity contribution is 0.0976. The molecule has 1 unspecified atom stereocenters. The highest BCUT2D eigenvalue weighted by Gasteiger charge is 2.29. The van der Waals surface area contributed by atoms with Crippen molar-refractivity contribution in [2.75, 3.05) is 0 Å². The van der Waals surface area contributed by atoms with Crippen molar-refractivity contribution in [3.8, 4) is 0 Å². The van der Waals surface area contributed by atoms with Crippen LogP contribution in [0.15, 0.2) is 36.7 Å². The Morgan fingerprint density at radius 1 is 1.15 bits per heavy atom. The molecule has 1 heterocycles. The molecule has 2 nitrogen and oxygen atoms in total. The number of pyridine rings is 1. The van der Waals surface area contributed by atoms with E-state index in [1.54, 1.807) is 6.92 Å². The van der Waals surface area contributed by atoms with E-state index in [4.69, 9.17) is 0 Å². The van der Waals surface area contributed by atoms with Crippen LogP contribution in [-0.4, -0.2) is 10.1 Å². The number of benzene rings is 1. The fourth-order valence-corrected chi connectivity index (χ4v) is 2.96. The second-order valence-corrected chi connectivity index (χ2v) is 5.62. The van der Waals surface area contributed by atoms with E-state index in [1.165, 1.54) is 36.2 Å². The Bertz CT molecular complexity index is 637. The van der Waals surface area contributed by atoms with Crippen molar-refractivity contribution in [1.29, 1.82) is 0 Å². The Labute approximate surface area is 118 Å². The van der Waals surface area contributed by atoms with Gasteiger partial charge in [0.15, 0.2) is 0 Å². The highest BCUT2D eigenvalue weighted by Crippen LogP contribution is 2.33. The van der Waals surface area contributed by atoms with Crippen molar-refractivity contribution in [3.63, 3.8) is 0 Å². The number of fused-ring (bicyclic) bond motifs is 1. The molecule has 0 radical (unpaired) electrons. The van der Waals surface area contributed by atoms with E-state index in [-0.39, 0.29) is 5.56 Å². The van der Waals surface area contributed by atoms with E-state index in [1.807, 2.05) is 12.1 Å². The SMILES string of the molecule is CC(O)(c1ccc2c(c1)CCCC2)c1ccncc1F. The first-order chi connectivity index (χ1) is 9.59. The van der Waals surface area contributed by atoms with Crippen LogP contribution in [0.5, 0.6) is 0 Å². The molecule has 1 aromatic carbocycles. The normalized spacial score (nSPS) is 17.4. The maximum absolute atomic E-state index is 13.9. The minimum atomic E-state index is -1.33. The van der Waals surface area contributed by atoms with E-state index >= 15 is 0 Å². The predicted octanol–water partition coefficient (Wildman–Crippen LogP) is 3.36. The second kappa shape index (κ2) is 4.98. The highest BCUT2D eigenvalue weighted by atomic mass is 19.1. The maximum Gasteiger partial charge on any atom is 0.147 e. The van der Waals surface area contributed by atoms with Crippen LogP contribution in [0.1, 0.15) is 42.0 Å². The number of rotatable bonds is 2. The van der Waals surface area contributed by atoms with Crippen LogP contribution in [0.25, 0.3) is 0 Å². The van der Waals surface area contributed by atoms with Crippen molar-refractivity contribution in [2.24, 2.45) is 0 Å². The van der Waals surface area contributed by atoms with Crippen LogP contribution in [0, 0.1) is 5.82 Å². The number of halogens is 1. The molecule has 1 N–H and O–H groups in total. The minimum Gasteiger partial charge on any atom is -0.381 e. The van der Waals surface area contributed by atoms with Gasteiger partial charge in [0.2, 0.25) is 0 Å². The summed E-state index contributed by atoms with van der Waals surface area (Å²) in [5.74, 6) is -0.477.